The van der Waals surface area contributed by atoms with Crippen molar-refractivity contribution in [2.75, 3.05) is 6.54 Å². The monoisotopic (exact) mass is 514 g/mol. The second kappa shape index (κ2) is 9.13. The zero-order valence-corrected chi connectivity index (χ0v) is 20.9. The lowest BCUT2D eigenvalue weighted by Crippen LogP contribution is -2.41. The number of hydrogen-bond acceptors (Lipinski definition) is 6. The summed E-state index contributed by atoms with van der Waals surface area (Å²) in [6.45, 7) is 5.74. The number of halogens is 3. The third-order valence-electron chi connectivity index (χ3n) is 6.90. The summed E-state index contributed by atoms with van der Waals surface area (Å²) in [7, 11) is 0. The molecule has 11 heteroatoms. The van der Waals surface area contributed by atoms with Gasteiger partial charge in [-0.25, -0.2) is 18.2 Å². The first-order chi connectivity index (χ1) is 17.4. The van der Waals surface area contributed by atoms with Crippen LogP contribution in [0, 0.1) is 5.82 Å². The van der Waals surface area contributed by atoms with E-state index in [0.29, 0.717) is 23.7 Å². The van der Waals surface area contributed by atoms with Crippen molar-refractivity contribution in [3.8, 4) is 0 Å². The van der Waals surface area contributed by atoms with E-state index in [1.54, 1.807) is 48.9 Å². The molecule has 2 aromatic rings. The maximum absolute atomic E-state index is 14.7. The molecule has 1 fully saturated rings. The van der Waals surface area contributed by atoms with Crippen LogP contribution < -0.4 is 5.32 Å². The van der Waals surface area contributed by atoms with Crippen LogP contribution >= 0.6 is 0 Å². The standard InChI is InChI=1S/C26H29F3N6O2/c1-15(17-6-4-7-18(21(17)27)22(28)29)31-24(36)19-10-20(16-11-30-34(12-16)13-25(2,3)37)33-35-14-26(8-5-9-26)32-23(19)35/h4,6-7,10-12,15,22,37H,5,8-9,13-14H2,1-3H3,(H,31,36)/t15-/m1/s1. The molecule has 1 saturated carbocycles. The molecule has 1 aromatic carbocycles. The summed E-state index contributed by atoms with van der Waals surface area (Å²) in [6.07, 6.45) is 4.87. The fourth-order valence-electron chi connectivity index (χ4n) is 4.88. The van der Waals surface area contributed by atoms with Crippen molar-refractivity contribution in [1.82, 2.24) is 20.1 Å². The van der Waals surface area contributed by atoms with Gasteiger partial charge < -0.3 is 10.4 Å². The molecule has 1 atom stereocenters. The number of hydrazone groups is 1. The van der Waals surface area contributed by atoms with Crippen LogP contribution in [0.5, 0.6) is 0 Å². The van der Waals surface area contributed by atoms with Gasteiger partial charge >= 0.3 is 0 Å². The third kappa shape index (κ3) is 4.92. The summed E-state index contributed by atoms with van der Waals surface area (Å²) in [6, 6.07) is 2.90. The highest BCUT2D eigenvalue weighted by Gasteiger charge is 2.47. The lowest BCUT2D eigenvalue weighted by Gasteiger charge is -2.34. The summed E-state index contributed by atoms with van der Waals surface area (Å²) in [5.74, 6) is -1.10. The van der Waals surface area contributed by atoms with Gasteiger partial charge in [0, 0.05) is 17.3 Å². The average Bonchev–Trinajstić information content (AvgIpc) is 3.41. The number of nitrogens with zero attached hydrogens (tertiary/aromatic N) is 5. The van der Waals surface area contributed by atoms with Crippen LogP contribution in [0.3, 0.4) is 0 Å². The first kappa shape index (κ1) is 25.2. The van der Waals surface area contributed by atoms with E-state index in [2.05, 4.69) is 10.4 Å². The highest BCUT2D eigenvalue weighted by atomic mass is 19.3. The zero-order valence-electron chi connectivity index (χ0n) is 20.9. The van der Waals surface area contributed by atoms with Gasteiger partial charge in [0.1, 0.15) is 5.82 Å². The number of aliphatic hydroxyl groups is 1. The number of amides is 1. The van der Waals surface area contributed by atoms with Crippen molar-refractivity contribution in [3.63, 3.8) is 0 Å². The summed E-state index contributed by atoms with van der Waals surface area (Å²) in [5, 5.41) is 23.6. The Kier molecular flexibility index (Phi) is 6.21. The molecule has 8 nitrogen and oxygen atoms in total. The number of rotatable bonds is 7. The van der Waals surface area contributed by atoms with Gasteiger partial charge in [0.05, 0.1) is 53.3 Å². The van der Waals surface area contributed by atoms with Crippen molar-refractivity contribution in [2.24, 2.45) is 10.1 Å². The minimum Gasteiger partial charge on any atom is -0.389 e. The van der Waals surface area contributed by atoms with Crippen molar-refractivity contribution in [2.45, 2.75) is 70.2 Å². The molecule has 1 aliphatic carbocycles. The van der Waals surface area contributed by atoms with Crippen LogP contribution in [0.15, 0.2) is 52.3 Å². The lowest BCUT2D eigenvalue weighted by molar-refractivity contribution is -0.117. The van der Waals surface area contributed by atoms with Crippen molar-refractivity contribution < 1.29 is 23.1 Å². The quantitative estimate of drug-likeness (QED) is 0.586. The average molecular weight is 515 g/mol. The number of nitrogens with one attached hydrogen (secondary N) is 1. The molecular weight excluding hydrogens is 485 g/mol. The molecule has 1 amide bonds. The summed E-state index contributed by atoms with van der Waals surface area (Å²) in [4.78, 5) is 18.3. The van der Waals surface area contributed by atoms with Gasteiger partial charge in [-0.15, -0.1) is 0 Å². The number of aromatic nitrogens is 2. The van der Waals surface area contributed by atoms with Crippen LogP contribution in [-0.2, 0) is 11.3 Å². The molecule has 1 spiro atoms. The van der Waals surface area contributed by atoms with E-state index in [-0.39, 0.29) is 23.2 Å². The van der Waals surface area contributed by atoms with Crippen LogP contribution in [0.1, 0.15) is 69.2 Å². The number of aliphatic imine (C=N–C) groups is 1. The Hall–Kier alpha value is -3.47. The number of fused-ring (bicyclic) bond motifs is 1. The minimum atomic E-state index is -2.96. The number of alkyl halides is 2. The number of allylic oxidation sites excluding steroid dienone is 1. The smallest absolute Gasteiger partial charge is 0.266 e. The molecule has 196 valence electrons. The van der Waals surface area contributed by atoms with Crippen LogP contribution in [-0.4, -0.2) is 55.0 Å². The van der Waals surface area contributed by atoms with Gasteiger partial charge in [-0.2, -0.15) is 10.2 Å². The van der Waals surface area contributed by atoms with Crippen LogP contribution in [0.2, 0.25) is 0 Å². The summed E-state index contributed by atoms with van der Waals surface area (Å²) >= 11 is 0. The summed E-state index contributed by atoms with van der Waals surface area (Å²) in [5.41, 5.74) is -0.538. The van der Waals surface area contributed by atoms with E-state index in [1.165, 1.54) is 12.1 Å². The molecule has 0 bridgehead atoms. The Balaban J connectivity index is 1.45. The maximum Gasteiger partial charge on any atom is 0.266 e. The molecule has 2 N–H and O–H groups in total. The molecule has 3 aliphatic rings. The van der Waals surface area contributed by atoms with Gasteiger partial charge in [0.25, 0.3) is 12.3 Å². The topological polar surface area (TPSA) is 95.1 Å². The molecule has 1 aromatic heterocycles. The Morgan fingerprint density at radius 1 is 1.27 bits per heavy atom. The molecule has 3 heterocycles. The fraction of sp³-hybridized carbons (Fsp3) is 0.462. The maximum atomic E-state index is 14.7. The first-order valence-corrected chi connectivity index (χ1v) is 12.3. The molecule has 0 unspecified atom stereocenters. The Labute approximate surface area is 212 Å². The van der Waals surface area contributed by atoms with Crippen LogP contribution in [0.25, 0.3) is 0 Å². The van der Waals surface area contributed by atoms with E-state index in [9.17, 15) is 23.1 Å². The zero-order chi connectivity index (χ0) is 26.5. The number of amidine groups is 1. The largest absolute Gasteiger partial charge is 0.389 e. The third-order valence-corrected chi connectivity index (χ3v) is 6.90. The SMILES string of the molecule is C[C@@H](NC(=O)C1=CC(c2cnn(CC(C)(C)O)c2)=NN2CC3(CCC3)N=C12)c1cccc(C(F)F)c1F. The number of carbonyl (C=O) groups is 1. The molecule has 2 aliphatic heterocycles. The van der Waals surface area contributed by atoms with Gasteiger partial charge in [0.15, 0.2) is 5.84 Å². The lowest BCUT2D eigenvalue weighted by atomic mass is 9.78. The van der Waals surface area contributed by atoms with Crippen molar-refractivity contribution in [1.29, 1.82) is 0 Å². The number of benzene rings is 1. The molecular formula is C26H29F3N6O2. The fourth-order valence-corrected chi connectivity index (χ4v) is 4.88. The second-order valence-corrected chi connectivity index (χ2v) is 10.6. The van der Waals surface area contributed by atoms with Crippen molar-refractivity contribution >= 4 is 17.5 Å². The highest BCUT2D eigenvalue weighted by molar-refractivity contribution is 6.28. The number of hydrogen-bond donors (Lipinski definition) is 2. The van der Waals surface area contributed by atoms with E-state index < -0.39 is 35.4 Å². The predicted octanol–water partition coefficient (Wildman–Crippen LogP) is 3.89. The van der Waals surface area contributed by atoms with Crippen LogP contribution in [0.4, 0.5) is 13.2 Å². The first-order valence-electron chi connectivity index (χ1n) is 12.3. The van der Waals surface area contributed by atoms with Gasteiger partial charge in [-0.3, -0.25) is 14.5 Å². The molecule has 0 radical (unpaired) electrons. The van der Waals surface area contributed by atoms with E-state index in [4.69, 9.17) is 10.1 Å². The highest BCUT2D eigenvalue weighted by Crippen LogP contribution is 2.42. The van der Waals surface area contributed by atoms with E-state index in [0.717, 1.165) is 25.3 Å². The van der Waals surface area contributed by atoms with Gasteiger partial charge in [-0.1, -0.05) is 18.2 Å². The Morgan fingerprint density at radius 3 is 2.65 bits per heavy atom. The second-order valence-electron chi connectivity index (χ2n) is 10.6. The summed E-state index contributed by atoms with van der Waals surface area (Å²) < 4.78 is 42.7. The predicted molar refractivity (Wildman–Crippen MR) is 132 cm³/mol. The molecule has 37 heavy (non-hydrogen) atoms. The van der Waals surface area contributed by atoms with Crippen molar-refractivity contribution in [3.05, 3.63) is 64.7 Å². The Morgan fingerprint density at radius 2 is 2.00 bits per heavy atom. The number of carbonyl (C=O) groups excluding carboxylic acids is 1. The van der Waals surface area contributed by atoms with E-state index >= 15 is 0 Å². The molecule has 5 rings (SSSR count). The molecule has 0 saturated heterocycles. The van der Waals surface area contributed by atoms with Gasteiger partial charge in [0.2, 0.25) is 0 Å². The normalized spacial score (nSPS) is 19.2. The van der Waals surface area contributed by atoms with E-state index in [1.807, 2.05) is 0 Å². The van der Waals surface area contributed by atoms with Gasteiger partial charge in [-0.05, 0) is 46.1 Å². The minimum absolute atomic E-state index is 0.0231. The Bertz CT molecular complexity index is 1320.